The maximum absolute atomic E-state index is 5.41. The Kier molecular flexibility index (Phi) is 11.2. The van der Waals surface area contributed by atoms with Crippen molar-refractivity contribution in [2.45, 2.75) is 52.0 Å². The van der Waals surface area contributed by atoms with Crippen LogP contribution in [0.4, 0.5) is 0 Å². The van der Waals surface area contributed by atoms with E-state index in [1.165, 1.54) is 25.8 Å². The predicted octanol–water partition coefficient (Wildman–Crippen LogP) is 3.60. The van der Waals surface area contributed by atoms with Gasteiger partial charge in [0.05, 0.1) is 6.26 Å². The van der Waals surface area contributed by atoms with E-state index in [0.29, 0.717) is 6.04 Å². The summed E-state index contributed by atoms with van der Waals surface area (Å²) in [6, 6.07) is 4.62. The minimum Gasteiger partial charge on any atom is -0.469 e. The molecule has 0 saturated carbocycles. The van der Waals surface area contributed by atoms with E-state index in [-0.39, 0.29) is 24.0 Å². The van der Waals surface area contributed by atoms with E-state index < -0.39 is 0 Å². The van der Waals surface area contributed by atoms with Gasteiger partial charge in [-0.25, -0.2) is 0 Å². The topological polar surface area (TPSA) is 44.0 Å². The highest BCUT2D eigenvalue weighted by Crippen LogP contribution is 2.17. The van der Waals surface area contributed by atoms with Crippen LogP contribution in [0.25, 0.3) is 0 Å². The average molecular weight is 462 g/mol. The molecule has 6 heteroatoms. The van der Waals surface area contributed by atoms with Gasteiger partial charge in [-0.05, 0) is 44.5 Å². The number of hydrogen-bond acceptors (Lipinski definition) is 3. The third-order valence-electron chi connectivity index (χ3n) is 4.76. The van der Waals surface area contributed by atoms with Crippen LogP contribution in [-0.4, -0.2) is 61.6 Å². The SMILES string of the molecule is CCCCN=C(NCCc1ccco1)N(C)CC1CCCN1CC.I. The van der Waals surface area contributed by atoms with Crippen molar-refractivity contribution in [1.82, 2.24) is 15.1 Å². The molecule has 1 unspecified atom stereocenters. The molecule has 25 heavy (non-hydrogen) atoms. The minimum absolute atomic E-state index is 0. The molecule has 1 aromatic heterocycles. The highest BCUT2D eigenvalue weighted by atomic mass is 127. The van der Waals surface area contributed by atoms with Crippen LogP contribution < -0.4 is 5.32 Å². The van der Waals surface area contributed by atoms with Crippen molar-refractivity contribution >= 4 is 29.9 Å². The molecule has 1 aromatic rings. The van der Waals surface area contributed by atoms with E-state index in [9.17, 15) is 0 Å². The van der Waals surface area contributed by atoms with Crippen LogP contribution in [0.5, 0.6) is 0 Å². The molecule has 1 N–H and O–H groups in total. The van der Waals surface area contributed by atoms with Gasteiger partial charge in [-0.1, -0.05) is 20.3 Å². The summed E-state index contributed by atoms with van der Waals surface area (Å²) in [6.07, 6.45) is 7.56. The van der Waals surface area contributed by atoms with Crippen molar-refractivity contribution in [2.75, 3.05) is 39.8 Å². The van der Waals surface area contributed by atoms with E-state index in [2.05, 4.69) is 36.0 Å². The van der Waals surface area contributed by atoms with E-state index in [1.807, 2.05) is 12.1 Å². The fraction of sp³-hybridized carbons (Fsp3) is 0.737. The van der Waals surface area contributed by atoms with Crippen molar-refractivity contribution in [3.63, 3.8) is 0 Å². The number of nitrogens with one attached hydrogen (secondary N) is 1. The molecule has 1 saturated heterocycles. The van der Waals surface area contributed by atoms with E-state index in [0.717, 1.165) is 50.7 Å². The molecule has 1 aliphatic rings. The molecule has 0 amide bonds. The van der Waals surface area contributed by atoms with E-state index >= 15 is 0 Å². The highest BCUT2D eigenvalue weighted by Gasteiger charge is 2.24. The van der Waals surface area contributed by atoms with Gasteiger partial charge in [-0.15, -0.1) is 24.0 Å². The first-order chi connectivity index (χ1) is 11.7. The van der Waals surface area contributed by atoms with Gasteiger partial charge >= 0.3 is 0 Å². The van der Waals surface area contributed by atoms with Crippen molar-refractivity contribution in [1.29, 1.82) is 0 Å². The maximum Gasteiger partial charge on any atom is 0.193 e. The van der Waals surface area contributed by atoms with E-state index in [1.54, 1.807) is 6.26 Å². The van der Waals surface area contributed by atoms with Gasteiger partial charge in [0.15, 0.2) is 5.96 Å². The number of rotatable bonds is 9. The molecule has 1 atom stereocenters. The number of hydrogen-bond donors (Lipinski definition) is 1. The second-order valence-corrected chi connectivity index (χ2v) is 6.62. The van der Waals surface area contributed by atoms with Gasteiger partial charge < -0.3 is 14.6 Å². The molecule has 0 spiro atoms. The van der Waals surface area contributed by atoms with Crippen LogP contribution in [0.3, 0.4) is 0 Å². The summed E-state index contributed by atoms with van der Waals surface area (Å²) in [5.74, 6) is 2.05. The Bertz CT molecular complexity index is 478. The summed E-state index contributed by atoms with van der Waals surface area (Å²) in [7, 11) is 2.16. The zero-order chi connectivity index (χ0) is 17.2. The third kappa shape index (κ3) is 7.56. The van der Waals surface area contributed by atoms with Gasteiger partial charge in [0.25, 0.3) is 0 Å². The lowest BCUT2D eigenvalue weighted by Gasteiger charge is -2.30. The second kappa shape index (κ2) is 12.6. The zero-order valence-electron chi connectivity index (χ0n) is 16.0. The minimum atomic E-state index is 0. The number of furan rings is 1. The lowest BCUT2D eigenvalue weighted by molar-refractivity contribution is 0.232. The molecule has 0 aromatic carbocycles. The number of nitrogens with zero attached hydrogens (tertiary/aromatic N) is 3. The number of unbranched alkanes of at least 4 members (excludes halogenated alkanes) is 1. The van der Waals surface area contributed by atoms with Crippen molar-refractivity contribution < 1.29 is 4.42 Å². The van der Waals surface area contributed by atoms with Crippen molar-refractivity contribution in [2.24, 2.45) is 4.99 Å². The smallest absolute Gasteiger partial charge is 0.193 e. The summed E-state index contributed by atoms with van der Waals surface area (Å²) in [5, 5.41) is 3.52. The first kappa shape index (κ1) is 22.3. The van der Waals surface area contributed by atoms with Gasteiger partial charge in [-0.3, -0.25) is 9.89 Å². The summed E-state index contributed by atoms with van der Waals surface area (Å²) < 4.78 is 5.41. The zero-order valence-corrected chi connectivity index (χ0v) is 18.4. The predicted molar refractivity (Wildman–Crippen MR) is 116 cm³/mol. The van der Waals surface area contributed by atoms with E-state index in [4.69, 9.17) is 9.41 Å². The highest BCUT2D eigenvalue weighted by molar-refractivity contribution is 14.0. The molecular weight excluding hydrogens is 427 g/mol. The molecule has 0 radical (unpaired) electrons. The van der Waals surface area contributed by atoms with Gasteiger partial charge in [0.2, 0.25) is 0 Å². The Labute approximate surface area is 170 Å². The molecule has 1 aliphatic heterocycles. The van der Waals surface area contributed by atoms with Crippen LogP contribution in [0.1, 0.15) is 45.3 Å². The number of guanidine groups is 1. The summed E-state index contributed by atoms with van der Waals surface area (Å²) >= 11 is 0. The van der Waals surface area contributed by atoms with Crippen molar-refractivity contribution in [3.8, 4) is 0 Å². The molecule has 5 nitrogen and oxygen atoms in total. The first-order valence-electron chi connectivity index (χ1n) is 9.50. The molecule has 144 valence electrons. The monoisotopic (exact) mass is 462 g/mol. The lowest BCUT2D eigenvalue weighted by atomic mass is 10.2. The molecule has 0 bridgehead atoms. The summed E-state index contributed by atoms with van der Waals surface area (Å²) in [4.78, 5) is 9.70. The third-order valence-corrected chi connectivity index (χ3v) is 4.76. The van der Waals surface area contributed by atoms with Crippen LogP contribution in [0.2, 0.25) is 0 Å². The molecule has 2 heterocycles. The number of halogens is 1. The Balaban J connectivity index is 0.00000312. The fourth-order valence-corrected chi connectivity index (χ4v) is 3.33. The van der Waals surface area contributed by atoms with Gasteiger partial charge in [-0.2, -0.15) is 0 Å². The number of aliphatic imine (C=N–C) groups is 1. The van der Waals surface area contributed by atoms with Crippen LogP contribution in [0, 0.1) is 0 Å². The fourth-order valence-electron chi connectivity index (χ4n) is 3.33. The van der Waals surface area contributed by atoms with Crippen LogP contribution >= 0.6 is 24.0 Å². The molecule has 0 aliphatic carbocycles. The molecular formula is C19H35IN4O. The van der Waals surface area contributed by atoms with Crippen LogP contribution in [-0.2, 0) is 6.42 Å². The maximum atomic E-state index is 5.41. The summed E-state index contributed by atoms with van der Waals surface area (Å²) in [6.45, 7) is 9.65. The number of likely N-dealkylation sites (tertiary alicyclic amines) is 1. The van der Waals surface area contributed by atoms with Gasteiger partial charge in [0.1, 0.15) is 5.76 Å². The Morgan fingerprint density at radius 2 is 2.28 bits per heavy atom. The summed E-state index contributed by atoms with van der Waals surface area (Å²) in [5.41, 5.74) is 0. The normalized spacial score (nSPS) is 18.2. The quantitative estimate of drug-likeness (QED) is 0.264. The molecule has 2 rings (SSSR count). The Hall–Kier alpha value is -0.760. The Morgan fingerprint density at radius 1 is 1.44 bits per heavy atom. The lowest BCUT2D eigenvalue weighted by Crippen LogP contribution is -2.46. The Morgan fingerprint density at radius 3 is 2.96 bits per heavy atom. The van der Waals surface area contributed by atoms with Crippen molar-refractivity contribution in [3.05, 3.63) is 24.2 Å². The second-order valence-electron chi connectivity index (χ2n) is 6.62. The van der Waals surface area contributed by atoms with Crippen LogP contribution in [0.15, 0.2) is 27.8 Å². The largest absolute Gasteiger partial charge is 0.469 e. The standard InChI is InChI=1S/C19H34N4O.HI/c1-4-6-12-20-19(21-13-11-18-10-8-15-24-18)22(3)16-17-9-7-14-23(17)5-2;/h8,10,15,17H,4-7,9,11-14,16H2,1-3H3,(H,20,21);1H. The van der Waals surface area contributed by atoms with Gasteiger partial charge in [0, 0.05) is 39.1 Å². The first-order valence-corrected chi connectivity index (χ1v) is 9.50. The average Bonchev–Trinajstić information content (AvgIpc) is 3.25. The molecule has 1 fully saturated rings. The number of likely N-dealkylation sites (N-methyl/N-ethyl adjacent to an activating group) is 2.